The summed E-state index contributed by atoms with van der Waals surface area (Å²) >= 11 is 0. The molecule has 3 N–H and O–H groups in total. The van der Waals surface area contributed by atoms with Crippen LogP contribution in [0, 0.1) is 5.92 Å². The summed E-state index contributed by atoms with van der Waals surface area (Å²) in [5.74, 6) is 0.393. The van der Waals surface area contributed by atoms with Gasteiger partial charge < -0.3 is 15.0 Å². The number of nitrogens with one attached hydrogen (secondary N) is 1. The highest BCUT2D eigenvalue weighted by Gasteiger charge is 2.26. The van der Waals surface area contributed by atoms with E-state index in [1.807, 2.05) is 24.9 Å². The van der Waals surface area contributed by atoms with Crippen LogP contribution in [0.25, 0.3) is 0 Å². The molecule has 0 aliphatic carbocycles. The Kier molecular flexibility index (Phi) is 3.12. The topological polar surface area (TPSA) is 81.8 Å². The molecule has 1 aliphatic heterocycles. The van der Waals surface area contributed by atoms with Crippen molar-refractivity contribution in [3.63, 3.8) is 0 Å². The number of hydrogen-bond acceptors (Lipinski definition) is 4. The van der Waals surface area contributed by atoms with Crippen LogP contribution >= 0.6 is 0 Å². The fourth-order valence-corrected chi connectivity index (χ4v) is 2.38. The predicted molar refractivity (Wildman–Crippen MR) is 65.8 cm³/mol. The average molecular weight is 247 g/mol. The van der Waals surface area contributed by atoms with Crippen LogP contribution in [-0.2, 0) is 11.3 Å². The first-order valence-corrected chi connectivity index (χ1v) is 6.15. The molecule has 3 rings (SSSR count). The lowest BCUT2D eigenvalue weighted by atomic mass is 9.97. The maximum absolute atomic E-state index is 6.31. The van der Waals surface area contributed by atoms with Crippen LogP contribution in [0.2, 0.25) is 0 Å². The standard InChI is InChI=1S/C12H17N5O/c13-12(10-1-2-18-7-10)11-5-14-8-17(11)6-9-3-15-16-4-9/h3-5,8,10,12H,1-2,6-7,13H2,(H,15,16). The summed E-state index contributed by atoms with van der Waals surface area (Å²) in [6.07, 6.45) is 8.39. The first-order chi connectivity index (χ1) is 8.84. The van der Waals surface area contributed by atoms with Crippen molar-refractivity contribution in [2.24, 2.45) is 11.7 Å². The van der Waals surface area contributed by atoms with E-state index in [1.165, 1.54) is 0 Å². The van der Waals surface area contributed by atoms with Gasteiger partial charge in [-0.05, 0) is 6.42 Å². The molecule has 96 valence electrons. The molecule has 3 heterocycles. The largest absolute Gasteiger partial charge is 0.381 e. The van der Waals surface area contributed by atoms with Crippen LogP contribution in [0.15, 0.2) is 24.9 Å². The van der Waals surface area contributed by atoms with E-state index in [0.717, 1.165) is 37.4 Å². The smallest absolute Gasteiger partial charge is 0.0951 e. The molecular formula is C12H17N5O. The second kappa shape index (κ2) is 4.91. The number of H-pyrrole nitrogens is 1. The molecule has 0 radical (unpaired) electrons. The fourth-order valence-electron chi connectivity index (χ4n) is 2.38. The fraction of sp³-hybridized carbons (Fsp3) is 0.500. The number of aromatic amines is 1. The van der Waals surface area contributed by atoms with Crippen molar-refractivity contribution in [1.82, 2.24) is 19.7 Å². The summed E-state index contributed by atoms with van der Waals surface area (Å²) in [5.41, 5.74) is 8.49. The summed E-state index contributed by atoms with van der Waals surface area (Å²) < 4.78 is 7.47. The molecule has 6 nitrogen and oxygen atoms in total. The van der Waals surface area contributed by atoms with E-state index >= 15 is 0 Å². The second-order valence-electron chi connectivity index (χ2n) is 4.70. The first kappa shape index (κ1) is 11.4. The summed E-state index contributed by atoms with van der Waals surface area (Å²) in [7, 11) is 0. The van der Waals surface area contributed by atoms with Gasteiger partial charge in [0.1, 0.15) is 0 Å². The van der Waals surface area contributed by atoms with Gasteiger partial charge in [-0.15, -0.1) is 0 Å². The van der Waals surface area contributed by atoms with Gasteiger partial charge in [0.25, 0.3) is 0 Å². The van der Waals surface area contributed by atoms with Crippen LogP contribution in [0.5, 0.6) is 0 Å². The number of imidazole rings is 1. The van der Waals surface area contributed by atoms with Gasteiger partial charge in [0.2, 0.25) is 0 Å². The normalized spacial score (nSPS) is 21.3. The zero-order chi connectivity index (χ0) is 12.4. The number of ether oxygens (including phenoxy) is 1. The molecule has 0 amide bonds. The lowest BCUT2D eigenvalue weighted by Gasteiger charge is -2.19. The molecule has 2 unspecified atom stereocenters. The highest BCUT2D eigenvalue weighted by molar-refractivity contribution is 5.11. The SMILES string of the molecule is NC(c1cncn1Cc1cn[nH]c1)C1CCOC1. The molecule has 2 aromatic rings. The predicted octanol–water partition coefficient (Wildman–Crippen LogP) is 0.691. The van der Waals surface area contributed by atoms with Crippen molar-refractivity contribution < 1.29 is 4.74 Å². The van der Waals surface area contributed by atoms with Crippen molar-refractivity contribution in [1.29, 1.82) is 0 Å². The Bertz CT molecular complexity index is 486. The lowest BCUT2D eigenvalue weighted by Crippen LogP contribution is -2.24. The van der Waals surface area contributed by atoms with E-state index in [9.17, 15) is 0 Å². The van der Waals surface area contributed by atoms with Gasteiger partial charge in [-0.25, -0.2) is 4.98 Å². The Balaban J connectivity index is 1.78. The highest BCUT2D eigenvalue weighted by Crippen LogP contribution is 2.26. The molecule has 2 aromatic heterocycles. The number of aromatic nitrogens is 4. The van der Waals surface area contributed by atoms with Crippen molar-refractivity contribution in [2.75, 3.05) is 13.2 Å². The van der Waals surface area contributed by atoms with Crippen molar-refractivity contribution in [3.8, 4) is 0 Å². The van der Waals surface area contributed by atoms with Crippen molar-refractivity contribution in [3.05, 3.63) is 36.2 Å². The Morgan fingerprint density at radius 2 is 2.50 bits per heavy atom. The summed E-state index contributed by atoms with van der Waals surface area (Å²) in [4.78, 5) is 4.21. The molecule has 1 fully saturated rings. The van der Waals surface area contributed by atoms with Gasteiger partial charge >= 0.3 is 0 Å². The summed E-state index contributed by atoms with van der Waals surface area (Å²) in [6.45, 7) is 2.30. The number of nitrogens with zero attached hydrogens (tertiary/aromatic N) is 3. The average Bonchev–Trinajstić information content (AvgIpc) is 3.12. The molecule has 18 heavy (non-hydrogen) atoms. The minimum absolute atomic E-state index is 0.0121. The minimum atomic E-state index is -0.0121. The van der Waals surface area contributed by atoms with Crippen LogP contribution in [0.1, 0.15) is 23.7 Å². The van der Waals surface area contributed by atoms with Crippen LogP contribution in [0.3, 0.4) is 0 Å². The minimum Gasteiger partial charge on any atom is -0.381 e. The quantitative estimate of drug-likeness (QED) is 0.833. The molecule has 6 heteroatoms. The van der Waals surface area contributed by atoms with Crippen LogP contribution in [-0.4, -0.2) is 33.0 Å². The summed E-state index contributed by atoms with van der Waals surface area (Å²) in [6, 6.07) is -0.0121. The Morgan fingerprint density at radius 1 is 1.56 bits per heavy atom. The van der Waals surface area contributed by atoms with E-state index in [-0.39, 0.29) is 6.04 Å². The van der Waals surface area contributed by atoms with Gasteiger partial charge in [-0.2, -0.15) is 5.10 Å². The van der Waals surface area contributed by atoms with Crippen LogP contribution in [0.4, 0.5) is 0 Å². The zero-order valence-corrected chi connectivity index (χ0v) is 10.1. The lowest BCUT2D eigenvalue weighted by molar-refractivity contribution is 0.180. The molecule has 0 spiro atoms. The maximum Gasteiger partial charge on any atom is 0.0951 e. The maximum atomic E-state index is 6.31. The molecule has 2 atom stereocenters. The Hall–Kier alpha value is -1.66. The second-order valence-corrected chi connectivity index (χ2v) is 4.70. The molecule has 0 bridgehead atoms. The third-order valence-electron chi connectivity index (χ3n) is 3.47. The number of rotatable bonds is 4. The van der Waals surface area contributed by atoms with Gasteiger partial charge in [0, 0.05) is 30.5 Å². The summed E-state index contributed by atoms with van der Waals surface area (Å²) in [5, 5.41) is 6.76. The van der Waals surface area contributed by atoms with E-state index < -0.39 is 0 Å². The molecule has 0 saturated carbocycles. The third-order valence-corrected chi connectivity index (χ3v) is 3.47. The number of hydrogen-bond donors (Lipinski definition) is 2. The van der Waals surface area contributed by atoms with Gasteiger partial charge in [0.15, 0.2) is 0 Å². The molecule has 0 aromatic carbocycles. The van der Waals surface area contributed by atoms with Gasteiger partial charge in [-0.3, -0.25) is 5.10 Å². The monoisotopic (exact) mass is 247 g/mol. The third kappa shape index (κ3) is 2.16. The Labute approximate surface area is 105 Å². The van der Waals surface area contributed by atoms with Crippen LogP contribution < -0.4 is 5.73 Å². The highest BCUT2D eigenvalue weighted by atomic mass is 16.5. The first-order valence-electron chi connectivity index (χ1n) is 6.15. The Morgan fingerprint density at radius 3 is 3.22 bits per heavy atom. The van der Waals surface area contributed by atoms with Gasteiger partial charge in [-0.1, -0.05) is 0 Å². The van der Waals surface area contributed by atoms with E-state index in [0.29, 0.717) is 5.92 Å². The van der Waals surface area contributed by atoms with Gasteiger partial charge in [0.05, 0.1) is 37.4 Å². The van der Waals surface area contributed by atoms with E-state index in [4.69, 9.17) is 10.5 Å². The molecule has 1 saturated heterocycles. The zero-order valence-electron chi connectivity index (χ0n) is 10.1. The van der Waals surface area contributed by atoms with Crippen molar-refractivity contribution in [2.45, 2.75) is 19.0 Å². The van der Waals surface area contributed by atoms with E-state index in [1.54, 1.807) is 0 Å². The van der Waals surface area contributed by atoms with E-state index in [2.05, 4.69) is 19.7 Å². The molecule has 1 aliphatic rings. The molecular weight excluding hydrogens is 230 g/mol. The van der Waals surface area contributed by atoms with Crippen molar-refractivity contribution >= 4 is 0 Å². The number of nitrogens with two attached hydrogens (primary N) is 1.